The summed E-state index contributed by atoms with van der Waals surface area (Å²) in [5.74, 6) is -2.43. The SMILES string of the molecule is COC1=CC(OC)=C(C(=O)O)C(CBr)C1(OC)OC. The van der Waals surface area contributed by atoms with E-state index in [0.29, 0.717) is 11.1 Å². The molecule has 0 aliphatic heterocycles. The van der Waals surface area contributed by atoms with Gasteiger partial charge in [-0.15, -0.1) is 0 Å². The highest BCUT2D eigenvalue weighted by atomic mass is 79.9. The third-order valence-corrected chi connectivity index (χ3v) is 3.76. The van der Waals surface area contributed by atoms with Crippen LogP contribution in [-0.2, 0) is 23.7 Å². The monoisotopic (exact) mass is 336 g/mol. The second kappa shape index (κ2) is 6.40. The fraction of sp³-hybridized carbons (Fsp3) is 0.583. The molecule has 7 heteroatoms. The quantitative estimate of drug-likeness (QED) is 0.585. The van der Waals surface area contributed by atoms with Gasteiger partial charge in [0.1, 0.15) is 5.76 Å². The molecule has 1 aliphatic carbocycles. The van der Waals surface area contributed by atoms with E-state index in [9.17, 15) is 9.90 Å². The average Bonchev–Trinajstić information content (AvgIpc) is 2.44. The van der Waals surface area contributed by atoms with E-state index in [-0.39, 0.29) is 11.3 Å². The van der Waals surface area contributed by atoms with Crippen molar-refractivity contribution >= 4 is 21.9 Å². The Balaban J connectivity index is 3.52. The summed E-state index contributed by atoms with van der Waals surface area (Å²) in [5, 5.41) is 9.69. The summed E-state index contributed by atoms with van der Waals surface area (Å²) < 4.78 is 21.2. The van der Waals surface area contributed by atoms with Crippen molar-refractivity contribution in [2.45, 2.75) is 5.79 Å². The Kier molecular flexibility index (Phi) is 5.39. The summed E-state index contributed by atoms with van der Waals surface area (Å²) in [6.07, 6.45) is 1.47. The first kappa shape index (κ1) is 16.0. The van der Waals surface area contributed by atoms with Crippen LogP contribution in [0.5, 0.6) is 0 Å². The topological polar surface area (TPSA) is 74.2 Å². The molecule has 1 rings (SSSR count). The first-order valence-electron chi connectivity index (χ1n) is 5.46. The average molecular weight is 337 g/mol. The van der Waals surface area contributed by atoms with Gasteiger partial charge in [0.15, 0.2) is 5.76 Å². The van der Waals surface area contributed by atoms with Crippen molar-refractivity contribution in [3.05, 3.63) is 23.2 Å². The molecule has 0 aromatic rings. The van der Waals surface area contributed by atoms with Crippen LogP contribution in [-0.4, -0.2) is 50.6 Å². The first-order chi connectivity index (χ1) is 9.02. The summed E-state index contributed by atoms with van der Waals surface area (Å²) in [7, 11) is 5.73. The molecule has 108 valence electrons. The molecule has 0 amide bonds. The molecule has 0 fully saturated rings. The van der Waals surface area contributed by atoms with Gasteiger partial charge in [0.25, 0.3) is 0 Å². The van der Waals surface area contributed by atoms with Crippen molar-refractivity contribution in [3.8, 4) is 0 Å². The number of carbonyl (C=O) groups is 1. The highest BCUT2D eigenvalue weighted by Gasteiger charge is 2.51. The van der Waals surface area contributed by atoms with Crippen molar-refractivity contribution in [2.24, 2.45) is 5.92 Å². The van der Waals surface area contributed by atoms with Gasteiger partial charge in [0.05, 0.1) is 25.7 Å². The zero-order valence-electron chi connectivity index (χ0n) is 11.2. The number of ether oxygens (including phenoxy) is 4. The molecule has 1 unspecified atom stereocenters. The highest BCUT2D eigenvalue weighted by molar-refractivity contribution is 9.09. The second-order valence-corrected chi connectivity index (χ2v) is 4.43. The molecule has 0 aromatic heterocycles. The molecule has 0 saturated carbocycles. The molecular weight excluding hydrogens is 320 g/mol. The lowest BCUT2D eigenvalue weighted by Crippen LogP contribution is -2.49. The number of aliphatic carboxylic acids is 1. The van der Waals surface area contributed by atoms with Gasteiger partial charge >= 0.3 is 5.97 Å². The summed E-state index contributed by atoms with van der Waals surface area (Å²) >= 11 is 3.29. The van der Waals surface area contributed by atoms with Gasteiger partial charge in [-0.3, -0.25) is 0 Å². The van der Waals surface area contributed by atoms with Crippen LogP contribution in [0.2, 0.25) is 0 Å². The van der Waals surface area contributed by atoms with E-state index in [1.54, 1.807) is 0 Å². The van der Waals surface area contributed by atoms with Crippen molar-refractivity contribution < 1.29 is 28.8 Å². The van der Waals surface area contributed by atoms with Crippen LogP contribution in [0.25, 0.3) is 0 Å². The Morgan fingerprint density at radius 3 is 2.21 bits per heavy atom. The molecule has 0 radical (unpaired) electrons. The lowest BCUT2D eigenvalue weighted by molar-refractivity contribution is -0.224. The van der Waals surface area contributed by atoms with E-state index >= 15 is 0 Å². The van der Waals surface area contributed by atoms with Crippen LogP contribution < -0.4 is 0 Å². The molecule has 0 heterocycles. The highest BCUT2D eigenvalue weighted by Crippen LogP contribution is 2.42. The van der Waals surface area contributed by atoms with Crippen molar-refractivity contribution in [3.63, 3.8) is 0 Å². The minimum Gasteiger partial charge on any atom is -0.496 e. The zero-order valence-corrected chi connectivity index (χ0v) is 12.8. The van der Waals surface area contributed by atoms with Gasteiger partial charge in [-0.2, -0.15) is 0 Å². The number of carboxylic acid groups (broad SMARTS) is 1. The minimum absolute atomic E-state index is 0.0730. The van der Waals surface area contributed by atoms with E-state index < -0.39 is 17.7 Å². The van der Waals surface area contributed by atoms with E-state index in [0.717, 1.165) is 0 Å². The summed E-state index contributed by atoms with van der Waals surface area (Å²) in [6.45, 7) is 0. The lowest BCUT2D eigenvalue weighted by atomic mass is 9.85. The number of methoxy groups -OCH3 is 4. The van der Waals surface area contributed by atoms with Crippen LogP contribution in [0.1, 0.15) is 0 Å². The van der Waals surface area contributed by atoms with Gasteiger partial charge in [-0.25, -0.2) is 4.79 Å². The van der Waals surface area contributed by atoms with Crippen molar-refractivity contribution in [1.29, 1.82) is 0 Å². The van der Waals surface area contributed by atoms with E-state index in [2.05, 4.69) is 15.9 Å². The number of hydrogen-bond acceptors (Lipinski definition) is 5. The van der Waals surface area contributed by atoms with Gasteiger partial charge in [0.2, 0.25) is 5.79 Å². The first-order valence-corrected chi connectivity index (χ1v) is 6.58. The number of alkyl halides is 1. The summed E-state index contributed by atoms with van der Waals surface area (Å²) in [5.41, 5.74) is 0.0730. The molecule has 0 aromatic carbocycles. The Labute approximate surface area is 120 Å². The third kappa shape index (κ3) is 2.50. The number of rotatable bonds is 6. The van der Waals surface area contributed by atoms with Gasteiger partial charge in [-0.05, 0) is 0 Å². The van der Waals surface area contributed by atoms with Crippen LogP contribution in [0.3, 0.4) is 0 Å². The zero-order chi connectivity index (χ0) is 14.6. The number of allylic oxidation sites excluding steroid dienone is 1. The van der Waals surface area contributed by atoms with Gasteiger partial charge < -0.3 is 24.1 Å². The van der Waals surface area contributed by atoms with Crippen molar-refractivity contribution in [1.82, 2.24) is 0 Å². The second-order valence-electron chi connectivity index (χ2n) is 3.78. The molecule has 6 nitrogen and oxygen atoms in total. The van der Waals surface area contributed by atoms with Crippen LogP contribution in [0.4, 0.5) is 0 Å². The maximum Gasteiger partial charge on any atom is 0.335 e. The Morgan fingerprint density at radius 1 is 1.32 bits per heavy atom. The fourth-order valence-electron chi connectivity index (χ4n) is 2.20. The van der Waals surface area contributed by atoms with E-state index in [1.165, 1.54) is 34.5 Å². The number of halogens is 1. The van der Waals surface area contributed by atoms with Crippen LogP contribution >= 0.6 is 15.9 Å². The third-order valence-electron chi connectivity index (χ3n) is 3.11. The lowest BCUT2D eigenvalue weighted by Gasteiger charge is -2.40. The Bertz CT molecular complexity index is 410. The summed E-state index contributed by atoms with van der Waals surface area (Å²) in [6, 6.07) is 0. The molecule has 0 saturated heterocycles. The Morgan fingerprint density at radius 2 is 1.89 bits per heavy atom. The van der Waals surface area contributed by atoms with E-state index in [4.69, 9.17) is 18.9 Å². The molecular formula is C12H17BrO6. The maximum absolute atomic E-state index is 11.5. The fourth-order valence-corrected chi connectivity index (χ4v) is 2.95. The van der Waals surface area contributed by atoms with Gasteiger partial charge in [0, 0.05) is 25.6 Å². The minimum atomic E-state index is -1.30. The molecule has 1 atom stereocenters. The molecule has 1 aliphatic rings. The maximum atomic E-state index is 11.5. The van der Waals surface area contributed by atoms with Crippen molar-refractivity contribution in [2.75, 3.05) is 33.8 Å². The molecule has 0 spiro atoms. The standard InChI is InChI=1S/C12H17BrO6/c1-16-8-5-9(17-2)12(18-3,19-4)7(6-13)10(8)11(14)15/h5,7H,6H2,1-4H3,(H,14,15). The van der Waals surface area contributed by atoms with Crippen LogP contribution in [0, 0.1) is 5.92 Å². The van der Waals surface area contributed by atoms with Crippen LogP contribution in [0.15, 0.2) is 23.2 Å². The molecule has 19 heavy (non-hydrogen) atoms. The predicted molar refractivity (Wildman–Crippen MR) is 70.8 cm³/mol. The largest absolute Gasteiger partial charge is 0.496 e. The van der Waals surface area contributed by atoms with E-state index in [1.807, 2.05) is 0 Å². The number of hydrogen-bond donors (Lipinski definition) is 1. The normalized spacial score (nSPS) is 21.9. The van der Waals surface area contributed by atoms with Gasteiger partial charge in [-0.1, -0.05) is 15.9 Å². The predicted octanol–water partition coefficient (Wildman–Crippen LogP) is 1.52. The molecule has 1 N–H and O–H groups in total. The smallest absolute Gasteiger partial charge is 0.335 e. The number of carboxylic acids is 1. The molecule has 0 bridgehead atoms. The Hall–Kier alpha value is -1.05. The summed E-state index contributed by atoms with van der Waals surface area (Å²) in [4.78, 5) is 11.5.